The molecule has 0 aliphatic rings. The van der Waals surface area contributed by atoms with Crippen LogP contribution >= 0.6 is 15.9 Å². The molecule has 0 spiro atoms. The molecule has 1 atom stereocenters. The minimum atomic E-state index is -0.932. The molecule has 100 valence electrons. The average Bonchev–Trinajstić information content (AvgIpc) is 2.34. The molecule has 1 aromatic carbocycles. The van der Waals surface area contributed by atoms with E-state index in [9.17, 15) is 8.78 Å². The third-order valence-electron chi connectivity index (χ3n) is 2.94. The maximum absolute atomic E-state index is 14.0. The highest BCUT2D eigenvalue weighted by molar-refractivity contribution is 9.10. The standard InChI is InChI=1S/C14H13BrF2N2/c1-7-5-8(2)14(19-6-7)13(18)11-10(16)4-3-9(15)12(11)17/h3-6,13H,18H2,1-2H3. The van der Waals surface area contributed by atoms with Crippen LogP contribution < -0.4 is 5.73 Å². The van der Waals surface area contributed by atoms with E-state index >= 15 is 0 Å². The van der Waals surface area contributed by atoms with E-state index in [0.29, 0.717) is 5.69 Å². The molecule has 0 saturated heterocycles. The van der Waals surface area contributed by atoms with E-state index in [1.54, 1.807) is 6.20 Å². The van der Waals surface area contributed by atoms with Crippen molar-refractivity contribution < 1.29 is 8.78 Å². The second-order valence-corrected chi connectivity index (χ2v) is 5.30. The Kier molecular flexibility index (Phi) is 3.96. The Bertz CT molecular complexity index is 629. The molecular weight excluding hydrogens is 314 g/mol. The lowest BCUT2D eigenvalue weighted by molar-refractivity contribution is 0.536. The summed E-state index contributed by atoms with van der Waals surface area (Å²) in [5.41, 5.74) is 8.06. The molecule has 2 rings (SSSR count). The number of nitrogens with zero attached hydrogens (tertiary/aromatic N) is 1. The first kappa shape index (κ1) is 14.1. The summed E-state index contributed by atoms with van der Waals surface area (Å²) in [6, 6.07) is 3.45. The maximum atomic E-state index is 14.0. The zero-order chi connectivity index (χ0) is 14.2. The Labute approximate surface area is 118 Å². The lowest BCUT2D eigenvalue weighted by atomic mass is 9.99. The molecule has 1 heterocycles. The van der Waals surface area contributed by atoms with Gasteiger partial charge in [0.05, 0.1) is 16.2 Å². The molecule has 0 fully saturated rings. The molecule has 2 N–H and O–H groups in total. The first-order valence-electron chi connectivity index (χ1n) is 5.74. The highest BCUT2D eigenvalue weighted by atomic mass is 79.9. The fourth-order valence-electron chi connectivity index (χ4n) is 2.02. The minimum Gasteiger partial charge on any atom is -0.319 e. The zero-order valence-corrected chi connectivity index (χ0v) is 12.1. The average molecular weight is 327 g/mol. The van der Waals surface area contributed by atoms with E-state index in [0.717, 1.165) is 11.1 Å². The summed E-state index contributed by atoms with van der Waals surface area (Å²) in [7, 11) is 0. The van der Waals surface area contributed by atoms with Crippen LogP contribution in [-0.4, -0.2) is 4.98 Å². The summed E-state index contributed by atoms with van der Waals surface area (Å²) >= 11 is 3.03. The molecule has 1 aromatic heterocycles. The smallest absolute Gasteiger partial charge is 0.145 e. The molecule has 0 aliphatic carbocycles. The van der Waals surface area contributed by atoms with Gasteiger partial charge in [0.25, 0.3) is 0 Å². The molecule has 0 amide bonds. The highest BCUT2D eigenvalue weighted by Crippen LogP contribution is 2.29. The van der Waals surface area contributed by atoms with Crippen molar-refractivity contribution in [1.29, 1.82) is 0 Å². The van der Waals surface area contributed by atoms with Crippen molar-refractivity contribution in [3.63, 3.8) is 0 Å². The summed E-state index contributed by atoms with van der Waals surface area (Å²) in [6.45, 7) is 3.72. The van der Waals surface area contributed by atoms with Gasteiger partial charge in [0.15, 0.2) is 0 Å². The van der Waals surface area contributed by atoms with Crippen LogP contribution in [0.4, 0.5) is 8.78 Å². The number of aromatic nitrogens is 1. The summed E-state index contributed by atoms with van der Waals surface area (Å²) in [5, 5.41) is 0. The van der Waals surface area contributed by atoms with Crippen LogP contribution in [0.3, 0.4) is 0 Å². The lowest BCUT2D eigenvalue weighted by Crippen LogP contribution is -2.18. The number of rotatable bonds is 2. The van der Waals surface area contributed by atoms with Crippen molar-refractivity contribution in [2.45, 2.75) is 19.9 Å². The predicted octanol–water partition coefficient (Wildman–Crippen LogP) is 3.79. The van der Waals surface area contributed by atoms with Crippen LogP contribution in [0.15, 0.2) is 28.9 Å². The summed E-state index contributed by atoms with van der Waals surface area (Å²) < 4.78 is 28.0. The molecule has 1 unspecified atom stereocenters. The van der Waals surface area contributed by atoms with Gasteiger partial charge >= 0.3 is 0 Å². The van der Waals surface area contributed by atoms with Gasteiger partial charge in [-0.1, -0.05) is 6.07 Å². The Morgan fingerprint density at radius 1 is 1.26 bits per heavy atom. The third kappa shape index (κ3) is 2.67. The third-order valence-corrected chi connectivity index (χ3v) is 3.55. The van der Waals surface area contributed by atoms with Crippen molar-refractivity contribution in [3.8, 4) is 0 Å². The number of hydrogen-bond acceptors (Lipinski definition) is 2. The normalized spacial score (nSPS) is 12.5. The van der Waals surface area contributed by atoms with Crippen LogP contribution in [0.1, 0.15) is 28.4 Å². The molecule has 0 radical (unpaired) electrons. The van der Waals surface area contributed by atoms with Gasteiger partial charge in [-0.15, -0.1) is 0 Å². The van der Waals surface area contributed by atoms with Crippen LogP contribution in [0, 0.1) is 25.5 Å². The first-order valence-corrected chi connectivity index (χ1v) is 6.53. The molecule has 2 nitrogen and oxygen atoms in total. The Morgan fingerprint density at radius 3 is 2.58 bits per heavy atom. The van der Waals surface area contributed by atoms with Gasteiger partial charge in [0.2, 0.25) is 0 Å². The predicted molar refractivity (Wildman–Crippen MR) is 73.8 cm³/mol. The van der Waals surface area contributed by atoms with Gasteiger partial charge in [-0.25, -0.2) is 8.78 Å². The summed E-state index contributed by atoms with van der Waals surface area (Å²) in [6.07, 6.45) is 1.63. The Hall–Kier alpha value is -1.33. The van der Waals surface area contributed by atoms with Crippen molar-refractivity contribution in [1.82, 2.24) is 4.98 Å². The van der Waals surface area contributed by atoms with Crippen LogP contribution in [-0.2, 0) is 0 Å². The van der Waals surface area contributed by atoms with Gasteiger partial charge in [-0.3, -0.25) is 4.98 Å². The molecule has 0 saturated carbocycles. The largest absolute Gasteiger partial charge is 0.319 e. The van der Waals surface area contributed by atoms with E-state index in [1.807, 2.05) is 19.9 Å². The van der Waals surface area contributed by atoms with Crippen LogP contribution in [0.2, 0.25) is 0 Å². The van der Waals surface area contributed by atoms with Gasteiger partial charge in [-0.2, -0.15) is 0 Å². The topological polar surface area (TPSA) is 38.9 Å². The number of benzene rings is 1. The molecular formula is C14H13BrF2N2. The lowest BCUT2D eigenvalue weighted by Gasteiger charge is -2.16. The Morgan fingerprint density at radius 2 is 1.95 bits per heavy atom. The monoisotopic (exact) mass is 326 g/mol. The van der Waals surface area contributed by atoms with Gasteiger partial charge in [-0.05, 0) is 53.0 Å². The zero-order valence-electron chi connectivity index (χ0n) is 10.5. The number of nitrogens with two attached hydrogens (primary N) is 1. The van der Waals surface area contributed by atoms with Gasteiger partial charge in [0, 0.05) is 11.8 Å². The van der Waals surface area contributed by atoms with Crippen molar-refractivity contribution in [2.24, 2.45) is 5.73 Å². The fraction of sp³-hybridized carbons (Fsp3) is 0.214. The van der Waals surface area contributed by atoms with Crippen molar-refractivity contribution in [2.75, 3.05) is 0 Å². The van der Waals surface area contributed by atoms with E-state index in [-0.39, 0.29) is 10.0 Å². The SMILES string of the molecule is Cc1cnc(C(N)c2c(F)ccc(Br)c2F)c(C)c1. The van der Waals surface area contributed by atoms with E-state index in [4.69, 9.17) is 5.73 Å². The van der Waals surface area contributed by atoms with Crippen LogP contribution in [0.5, 0.6) is 0 Å². The Balaban J connectivity index is 2.56. The van der Waals surface area contributed by atoms with E-state index in [2.05, 4.69) is 20.9 Å². The van der Waals surface area contributed by atoms with Crippen molar-refractivity contribution in [3.05, 3.63) is 62.9 Å². The maximum Gasteiger partial charge on any atom is 0.145 e. The van der Waals surface area contributed by atoms with Gasteiger partial charge < -0.3 is 5.73 Å². The summed E-state index contributed by atoms with van der Waals surface area (Å²) in [4.78, 5) is 4.19. The first-order chi connectivity index (χ1) is 8.91. The van der Waals surface area contributed by atoms with E-state index in [1.165, 1.54) is 12.1 Å². The molecule has 5 heteroatoms. The minimum absolute atomic E-state index is 0.172. The molecule has 2 aromatic rings. The van der Waals surface area contributed by atoms with Crippen molar-refractivity contribution >= 4 is 15.9 Å². The number of halogens is 3. The number of hydrogen-bond donors (Lipinski definition) is 1. The second-order valence-electron chi connectivity index (χ2n) is 4.45. The van der Waals surface area contributed by atoms with Gasteiger partial charge in [0.1, 0.15) is 11.6 Å². The second kappa shape index (κ2) is 5.35. The molecule has 0 bridgehead atoms. The summed E-state index contributed by atoms with van der Waals surface area (Å²) in [5.74, 6) is -1.36. The highest BCUT2D eigenvalue weighted by Gasteiger charge is 2.22. The quantitative estimate of drug-likeness (QED) is 0.853. The van der Waals surface area contributed by atoms with E-state index < -0.39 is 17.7 Å². The fourth-order valence-corrected chi connectivity index (χ4v) is 2.36. The number of aryl methyl sites for hydroxylation is 2. The number of pyridine rings is 1. The van der Waals surface area contributed by atoms with Crippen LogP contribution in [0.25, 0.3) is 0 Å². The molecule has 0 aliphatic heterocycles. The molecule has 19 heavy (non-hydrogen) atoms.